The first-order valence-corrected chi connectivity index (χ1v) is 11.3. The van der Waals surface area contributed by atoms with E-state index in [-0.39, 0.29) is 10.8 Å². The quantitative estimate of drug-likeness (QED) is 0.725. The summed E-state index contributed by atoms with van der Waals surface area (Å²) in [5.41, 5.74) is 1.75. The van der Waals surface area contributed by atoms with Crippen molar-refractivity contribution in [3.05, 3.63) is 35.9 Å². The van der Waals surface area contributed by atoms with Crippen LogP contribution < -0.4 is 0 Å². The predicted molar refractivity (Wildman–Crippen MR) is 101 cm³/mol. The Kier molecular flexibility index (Phi) is 3.31. The van der Waals surface area contributed by atoms with E-state index in [9.17, 15) is 4.79 Å². The van der Waals surface area contributed by atoms with Crippen molar-refractivity contribution in [2.24, 2.45) is 22.7 Å². The zero-order valence-electron chi connectivity index (χ0n) is 15.0. The van der Waals surface area contributed by atoms with Crippen LogP contribution in [-0.4, -0.2) is 16.3 Å². The molecule has 1 heterocycles. The van der Waals surface area contributed by atoms with Gasteiger partial charge in [-0.15, -0.1) is 0 Å². The molecule has 0 aromatic heterocycles. The van der Waals surface area contributed by atoms with Crippen molar-refractivity contribution in [2.75, 3.05) is 0 Å². The summed E-state index contributed by atoms with van der Waals surface area (Å²) in [6.07, 6.45) is 7.60. The number of hydrogen-bond donors (Lipinski definition) is 0. The van der Waals surface area contributed by atoms with E-state index in [1.807, 2.05) is 0 Å². The van der Waals surface area contributed by atoms with E-state index in [2.05, 4.69) is 44.2 Å². The second-order valence-corrected chi connectivity index (χ2v) is 11.7. The van der Waals surface area contributed by atoms with Crippen LogP contribution in [0.5, 0.6) is 0 Å². The summed E-state index contributed by atoms with van der Waals surface area (Å²) in [6.45, 7) is 4.87. The lowest BCUT2D eigenvalue weighted by Crippen LogP contribution is -2.53. The van der Waals surface area contributed by atoms with Gasteiger partial charge in [0.05, 0.1) is 5.41 Å². The maximum absolute atomic E-state index is 13.2. The molecule has 4 aliphatic rings. The van der Waals surface area contributed by atoms with E-state index < -0.39 is 0 Å². The Hall–Kier alpha value is -0.760. The molecule has 3 aliphatic carbocycles. The summed E-state index contributed by atoms with van der Waals surface area (Å²) in [5.74, 6) is 3.36. The van der Waals surface area contributed by atoms with Crippen molar-refractivity contribution < 1.29 is 4.79 Å². The van der Waals surface area contributed by atoms with Gasteiger partial charge in [-0.05, 0) is 47.9 Å². The van der Waals surface area contributed by atoms with E-state index in [0.717, 1.165) is 17.6 Å². The summed E-state index contributed by atoms with van der Waals surface area (Å²) in [7, 11) is 0.405. The van der Waals surface area contributed by atoms with E-state index in [1.54, 1.807) is 0 Å². The minimum Gasteiger partial charge on any atom is -0.299 e. The first kappa shape index (κ1) is 15.5. The van der Waals surface area contributed by atoms with Crippen molar-refractivity contribution in [1.29, 1.82) is 0 Å². The molecule has 1 nitrogen and oxygen atoms in total. The number of benzene rings is 1. The first-order valence-electron chi connectivity index (χ1n) is 9.80. The monoisotopic (exact) mass is 341 g/mol. The lowest BCUT2D eigenvalue weighted by Gasteiger charge is -2.43. The molecule has 1 saturated heterocycles. The molecule has 24 heavy (non-hydrogen) atoms. The fraction of sp³-hybridized carbons (Fsp3) is 0.682. The van der Waals surface area contributed by atoms with Crippen molar-refractivity contribution in [2.45, 2.75) is 68.6 Å². The highest BCUT2D eigenvalue weighted by atomic mass is 32.2. The normalized spacial score (nSPS) is 45.2. The van der Waals surface area contributed by atoms with Crippen molar-refractivity contribution in [3.63, 3.8) is 0 Å². The molecule has 3 saturated carbocycles. The van der Waals surface area contributed by atoms with E-state index >= 15 is 0 Å². The smallest absolute Gasteiger partial charge is 0.144 e. The average Bonchev–Trinajstić information content (AvgIpc) is 3.27. The average molecular weight is 342 g/mol. The number of fused-ring (bicyclic) bond motifs is 4. The fourth-order valence-electron chi connectivity index (χ4n) is 6.99. The molecule has 5 rings (SSSR count). The van der Waals surface area contributed by atoms with Gasteiger partial charge in [0.1, 0.15) is 22.0 Å². The minimum atomic E-state index is 0.0232. The molecule has 4 fully saturated rings. The van der Waals surface area contributed by atoms with Gasteiger partial charge in [-0.2, -0.15) is 0 Å². The number of rotatable bonds is 3. The van der Waals surface area contributed by atoms with Gasteiger partial charge >= 0.3 is 0 Å². The van der Waals surface area contributed by atoms with Crippen LogP contribution in [0.15, 0.2) is 30.3 Å². The summed E-state index contributed by atoms with van der Waals surface area (Å²) < 4.78 is 0. The second-order valence-electron chi connectivity index (χ2n) is 9.27. The van der Waals surface area contributed by atoms with Crippen molar-refractivity contribution in [1.82, 2.24) is 0 Å². The predicted octanol–water partition coefficient (Wildman–Crippen LogP) is 4.75. The number of carbonyl (C=O) groups excluding carboxylic acids is 1. The largest absolute Gasteiger partial charge is 0.299 e. The van der Waals surface area contributed by atoms with Gasteiger partial charge in [0.2, 0.25) is 0 Å². The second kappa shape index (κ2) is 5.13. The molecule has 1 unspecified atom stereocenters. The zero-order chi connectivity index (χ0) is 16.5. The Bertz CT molecular complexity index is 666. The molecular formula is C22H29OS+. The Morgan fingerprint density at radius 2 is 1.92 bits per heavy atom. The van der Waals surface area contributed by atoms with Crippen LogP contribution in [0, 0.1) is 22.7 Å². The molecule has 6 atom stereocenters. The molecule has 2 heteroatoms. The number of carbonyl (C=O) groups is 1. The standard InChI is InChI=1S/C22H29OS/c1-21(2)17-10-11-22(21,19(23)13-17)20-16-8-9-18(12-16)24(20)14-15-6-4-3-5-7-15/h3-7,16-18,20H,8-14H2,1-2H3/q+1/t16-,17-,18+,20+,22+,24?/m1/s1. The fourth-order valence-corrected chi connectivity index (χ4v) is 11.1. The van der Waals surface area contributed by atoms with Crippen LogP contribution in [0.4, 0.5) is 0 Å². The van der Waals surface area contributed by atoms with Gasteiger partial charge in [0.25, 0.3) is 0 Å². The Balaban J connectivity index is 1.55. The SMILES string of the molecule is CC1(C)[C@@H]2CC[C@@]1([C@@H]1[C@@H]3CC[C@@H](C3)[S+]1Cc1ccccc1)C(=O)C2. The van der Waals surface area contributed by atoms with Crippen LogP contribution in [0.2, 0.25) is 0 Å². The zero-order valence-corrected chi connectivity index (χ0v) is 15.8. The molecule has 128 valence electrons. The molecule has 0 spiro atoms. The third-order valence-corrected chi connectivity index (χ3v) is 11.6. The maximum Gasteiger partial charge on any atom is 0.144 e. The molecule has 1 aromatic rings. The topological polar surface area (TPSA) is 17.1 Å². The summed E-state index contributed by atoms with van der Waals surface area (Å²) in [6, 6.07) is 11.1. The van der Waals surface area contributed by atoms with E-state index in [1.165, 1.54) is 43.4 Å². The third-order valence-electron chi connectivity index (χ3n) is 8.26. The van der Waals surface area contributed by atoms with Crippen LogP contribution in [-0.2, 0) is 21.4 Å². The number of ketones is 1. The van der Waals surface area contributed by atoms with Crippen LogP contribution in [0.25, 0.3) is 0 Å². The number of Topliss-reactive ketones (excluding diaryl/α,β-unsaturated/α-hetero) is 1. The summed E-state index contributed by atoms with van der Waals surface area (Å²) >= 11 is 0. The Morgan fingerprint density at radius 3 is 2.58 bits per heavy atom. The van der Waals surface area contributed by atoms with Crippen LogP contribution >= 0.6 is 0 Å². The van der Waals surface area contributed by atoms with Crippen LogP contribution in [0.3, 0.4) is 0 Å². The third kappa shape index (κ3) is 1.81. The molecule has 0 radical (unpaired) electrons. The van der Waals surface area contributed by atoms with Crippen molar-refractivity contribution in [3.8, 4) is 0 Å². The summed E-state index contributed by atoms with van der Waals surface area (Å²) in [4.78, 5) is 13.2. The first-order chi connectivity index (χ1) is 11.5. The van der Waals surface area contributed by atoms with Crippen LogP contribution in [0.1, 0.15) is 57.9 Å². The van der Waals surface area contributed by atoms with Gasteiger partial charge in [0, 0.05) is 24.3 Å². The van der Waals surface area contributed by atoms with Crippen molar-refractivity contribution >= 4 is 16.7 Å². The maximum atomic E-state index is 13.2. The molecule has 1 aromatic carbocycles. The highest BCUT2D eigenvalue weighted by molar-refractivity contribution is 7.97. The Morgan fingerprint density at radius 1 is 1.12 bits per heavy atom. The lowest BCUT2D eigenvalue weighted by molar-refractivity contribution is -0.130. The number of hydrogen-bond acceptors (Lipinski definition) is 1. The molecule has 4 bridgehead atoms. The van der Waals surface area contributed by atoms with Gasteiger partial charge in [-0.1, -0.05) is 44.2 Å². The molecular weight excluding hydrogens is 312 g/mol. The Labute approximate surface area is 148 Å². The summed E-state index contributed by atoms with van der Waals surface area (Å²) in [5, 5.41) is 1.59. The van der Waals surface area contributed by atoms with Gasteiger partial charge in [-0.3, -0.25) is 4.79 Å². The lowest BCUT2D eigenvalue weighted by atomic mass is 9.64. The molecule has 0 N–H and O–H groups in total. The molecule has 0 amide bonds. The van der Waals surface area contributed by atoms with Gasteiger partial charge in [-0.25, -0.2) is 0 Å². The van der Waals surface area contributed by atoms with E-state index in [4.69, 9.17) is 0 Å². The highest BCUT2D eigenvalue weighted by Gasteiger charge is 2.75. The molecule has 1 aliphatic heterocycles. The van der Waals surface area contributed by atoms with Gasteiger partial charge in [0.15, 0.2) is 0 Å². The minimum absolute atomic E-state index is 0.0232. The van der Waals surface area contributed by atoms with E-state index in [0.29, 0.717) is 27.8 Å². The highest BCUT2D eigenvalue weighted by Crippen LogP contribution is 2.70. The van der Waals surface area contributed by atoms with Gasteiger partial charge < -0.3 is 0 Å².